The quantitative estimate of drug-likeness (QED) is 0.684. The number of ether oxygens (including phenoxy) is 1. The fourth-order valence-corrected chi connectivity index (χ4v) is 4.83. The fraction of sp³-hybridized carbons (Fsp3) is 0.905. The third-order valence-corrected chi connectivity index (χ3v) is 6.60. The minimum Gasteiger partial charge on any atom is -0.446 e. The molecule has 3 aliphatic rings. The van der Waals surface area contributed by atoms with Gasteiger partial charge in [0.25, 0.3) is 0 Å². The molecule has 0 bridgehead atoms. The Morgan fingerprint density at radius 1 is 0.741 bits per heavy atom. The summed E-state index contributed by atoms with van der Waals surface area (Å²) in [7, 11) is 0. The van der Waals surface area contributed by atoms with E-state index in [1.54, 1.807) is 0 Å². The van der Waals surface area contributed by atoms with Crippen LogP contribution in [0.2, 0.25) is 0 Å². The van der Waals surface area contributed by atoms with Crippen LogP contribution >= 0.6 is 0 Å². The molecule has 3 unspecified atom stereocenters. The highest BCUT2D eigenvalue weighted by Gasteiger charge is 2.31. The second kappa shape index (κ2) is 10.2. The predicted octanol–water partition coefficient (Wildman–Crippen LogP) is 4.23. The molecule has 3 atom stereocenters. The SMILES string of the molecule is CC1CCC(NC(=O)NC2CCCCC2)CC1NC(=O)OC1CCCCC1. The van der Waals surface area contributed by atoms with Crippen molar-refractivity contribution in [2.45, 2.75) is 115 Å². The average molecular weight is 380 g/mol. The molecular formula is C21H37N3O3. The number of hydrogen-bond acceptors (Lipinski definition) is 3. The van der Waals surface area contributed by atoms with Gasteiger partial charge in [-0.2, -0.15) is 0 Å². The first-order valence-electron chi connectivity index (χ1n) is 11.1. The van der Waals surface area contributed by atoms with E-state index in [1.165, 1.54) is 25.7 Å². The standard InChI is InChI=1S/C21H37N3O3/c1-15-12-13-17(23-20(25)22-16-8-4-2-5-9-16)14-19(15)24-21(26)27-18-10-6-3-7-11-18/h15-19H,2-14H2,1H3,(H,24,26)(H2,22,23,25). The Hall–Kier alpha value is -1.46. The molecule has 0 radical (unpaired) electrons. The highest BCUT2D eigenvalue weighted by molar-refractivity contribution is 5.74. The number of carbonyl (C=O) groups excluding carboxylic acids is 2. The van der Waals surface area contributed by atoms with E-state index in [9.17, 15) is 9.59 Å². The van der Waals surface area contributed by atoms with Crippen LogP contribution < -0.4 is 16.0 Å². The second-order valence-electron chi connectivity index (χ2n) is 8.86. The van der Waals surface area contributed by atoms with Crippen molar-refractivity contribution in [2.75, 3.05) is 0 Å². The lowest BCUT2D eigenvalue weighted by Gasteiger charge is -2.35. The van der Waals surface area contributed by atoms with Crippen molar-refractivity contribution in [3.8, 4) is 0 Å². The van der Waals surface area contributed by atoms with Crippen LogP contribution in [-0.4, -0.2) is 36.4 Å². The van der Waals surface area contributed by atoms with E-state index in [1.807, 2.05) is 0 Å². The van der Waals surface area contributed by atoms with Crippen LogP contribution in [0.15, 0.2) is 0 Å². The van der Waals surface area contributed by atoms with Gasteiger partial charge in [0.15, 0.2) is 0 Å². The molecule has 6 nitrogen and oxygen atoms in total. The Bertz CT molecular complexity index is 487. The van der Waals surface area contributed by atoms with Crippen molar-refractivity contribution in [2.24, 2.45) is 5.92 Å². The fourth-order valence-electron chi connectivity index (χ4n) is 4.83. The van der Waals surface area contributed by atoms with E-state index >= 15 is 0 Å². The van der Waals surface area contributed by atoms with Gasteiger partial charge in [-0.1, -0.05) is 32.6 Å². The van der Waals surface area contributed by atoms with Crippen LogP contribution in [-0.2, 0) is 4.74 Å². The number of hydrogen-bond donors (Lipinski definition) is 3. The van der Waals surface area contributed by atoms with Crippen LogP contribution in [0.5, 0.6) is 0 Å². The van der Waals surface area contributed by atoms with E-state index in [-0.39, 0.29) is 30.3 Å². The summed E-state index contributed by atoms with van der Waals surface area (Å²) in [6.45, 7) is 2.17. The zero-order valence-corrected chi connectivity index (χ0v) is 16.8. The normalized spacial score (nSPS) is 30.3. The first-order chi connectivity index (χ1) is 13.1. The molecule has 0 spiro atoms. The van der Waals surface area contributed by atoms with Crippen molar-refractivity contribution in [1.29, 1.82) is 0 Å². The molecule has 0 aliphatic heterocycles. The average Bonchev–Trinajstić information content (AvgIpc) is 2.66. The molecule has 0 saturated heterocycles. The summed E-state index contributed by atoms with van der Waals surface area (Å²) in [4.78, 5) is 24.6. The maximum absolute atomic E-state index is 12.3. The molecule has 0 aromatic carbocycles. The van der Waals surface area contributed by atoms with Gasteiger partial charge in [0, 0.05) is 18.1 Å². The van der Waals surface area contributed by atoms with Crippen molar-refractivity contribution < 1.29 is 14.3 Å². The van der Waals surface area contributed by atoms with Gasteiger partial charge in [0.1, 0.15) is 6.10 Å². The summed E-state index contributed by atoms with van der Waals surface area (Å²) in [5.74, 6) is 0.406. The number of nitrogens with one attached hydrogen (secondary N) is 3. The summed E-state index contributed by atoms with van der Waals surface area (Å²) >= 11 is 0. The molecule has 3 N–H and O–H groups in total. The molecule has 3 saturated carbocycles. The lowest BCUT2D eigenvalue weighted by molar-refractivity contribution is 0.0684. The lowest BCUT2D eigenvalue weighted by Crippen LogP contribution is -2.52. The van der Waals surface area contributed by atoms with Crippen molar-refractivity contribution in [3.05, 3.63) is 0 Å². The lowest BCUT2D eigenvalue weighted by atomic mass is 9.83. The van der Waals surface area contributed by atoms with Crippen molar-refractivity contribution in [1.82, 2.24) is 16.0 Å². The first-order valence-corrected chi connectivity index (χ1v) is 11.1. The predicted molar refractivity (Wildman–Crippen MR) is 106 cm³/mol. The van der Waals surface area contributed by atoms with Gasteiger partial charge in [-0.3, -0.25) is 0 Å². The van der Waals surface area contributed by atoms with Crippen molar-refractivity contribution >= 4 is 12.1 Å². The monoisotopic (exact) mass is 379 g/mol. The zero-order chi connectivity index (χ0) is 19.1. The van der Waals surface area contributed by atoms with E-state index in [0.717, 1.165) is 57.8 Å². The summed E-state index contributed by atoms with van der Waals surface area (Å²) in [5.41, 5.74) is 0. The maximum Gasteiger partial charge on any atom is 0.407 e. The molecule has 0 heterocycles. The second-order valence-corrected chi connectivity index (χ2v) is 8.86. The number of carbonyl (C=O) groups is 2. The van der Waals surface area contributed by atoms with E-state index in [2.05, 4.69) is 22.9 Å². The van der Waals surface area contributed by atoms with E-state index < -0.39 is 0 Å². The Morgan fingerprint density at radius 3 is 2.07 bits per heavy atom. The Kier molecular flexibility index (Phi) is 7.65. The molecule has 27 heavy (non-hydrogen) atoms. The number of rotatable bonds is 4. The van der Waals surface area contributed by atoms with Crippen LogP contribution in [0.25, 0.3) is 0 Å². The molecule has 154 valence electrons. The largest absolute Gasteiger partial charge is 0.446 e. The summed E-state index contributed by atoms with van der Waals surface area (Å²) in [5, 5.41) is 9.32. The van der Waals surface area contributed by atoms with Crippen molar-refractivity contribution in [3.63, 3.8) is 0 Å². The highest BCUT2D eigenvalue weighted by Crippen LogP contribution is 2.26. The highest BCUT2D eigenvalue weighted by atomic mass is 16.6. The summed E-state index contributed by atoms with van der Waals surface area (Å²) in [6.07, 6.45) is 13.9. The molecule has 3 aliphatic carbocycles. The number of urea groups is 1. The molecule has 3 rings (SSSR count). The van der Waals surface area contributed by atoms with Gasteiger partial charge in [-0.25, -0.2) is 9.59 Å². The van der Waals surface area contributed by atoms with Gasteiger partial charge in [-0.15, -0.1) is 0 Å². The van der Waals surface area contributed by atoms with Crippen LogP contribution in [0.1, 0.15) is 90.4 Å². The van der Waals surface area contributed by atoms with Gasteiger partial charge >= 0.3 is 12.1 Å². The first kappa shape index (κ1) is 20.3. The molecule has 3 fully saturated rings. The van der Waals surface area contributed by atoms with Gasteiger partial charge in [0.2, 0.25) is 0 Å². The van der Waals surface area contributed by atoms with Crippen LogP contribution in [0.3, 0.4) is 0 Å². The molecule has 0 aromatic rings. The number of alkyl carbamates (subject to hydrolysis) is 1. The topological polar surface area (TPSA) is 79.5 Å². The van der Waals surface area contributed by atoms with E-state index in [0.29, 0.717) is 12.0 Å². The third kappa shape index (κ3) is 6.58. The minimum atomic E-state index is -0.286. The zero-order valence-electron chi connectivity index (χ0n) is 16.8. The molecule has 6 heteroatoms. The maximum atomic E-state index is 12.3. The Labute approximate surface area is 163 Å². The van der Waals surface area contributed by atoms with Gasteiger partial charge in [0.05, 0.1) is 0 Å². The smallest absolute Gasteiger partial charge is 0.407 e. The number of amides is 3. The Balaban J connectivity index is 1.41. The van der Waals surface area contributed by atoms with Crippen LogP contribution in [0.4, 0.5) is 9.59 Å². The molecule has 0 aromatic heterocycles. The molecule has 3 amide bonds. The minimum absolute atomic E-state index is 0.0509. The molecular weight excluding hydrogens is 342 g/mol. The summed E-state index contributed by atoms with van der Waals surface area (Å²) in [6, 6.07) is 0.449. The van der Waals surface area contributed by atoms with Crippen LogP contribution in [0, 0.1) is 5.92 Å². The van der Waals surface area contributed by atoms with Gasteiger partial charge in [-0.05, 0) is 63.7 Å². The Morgan fingerprint density at radius 2 is 1.37 bits per heavy atom. The van der Waals surface area contributed by atoms with E-state index in [4.69, 9.17) is 4.74 Å². The summed E-state index contributed by atoms with van der Waals surface area (Å²) < 4.78 is 5.61. The third-order valence-electron chi connectivity index (χ3n) is 6.60. The van der Waals surface area contributed by atoms with Gasteiger partial charge < -0.3 is 20.7 Å².